The van der Waals surface area contributed by atoms with E-state index in [1.165, 1.54) is 11.5 Å². The van der Waals surface area contributed by atoms with E-state index in [0.29, 0.717) is 11.7 Å². The Morgan fingerprint density at radius 3 is 2.63 bits per heavy atom. The highest BCUT2D eigenvalue weighted by molar-refractivity contribution is 7.09. The van der Waals surface area contributed by atoms with Gasteiger partial charge in [0, 0.05) is 0 Å². The molecule has 2 aromatic heterocycles. The van der Waals surface area contributed by atoms with Crippen LogP contribution in [0, 0.1) is 0 Å². The summed E-state index contributed by atoms with van der Waals surface area (Å²) in [7, 11) is 0. The van der Waals surface area contributed by atoms with E-state index in [1.54, 1.807) is 0 Å². The third kappa shape index (κ3) is 2.66. The molecular formula is C12H19N5OS. The van der Waals surface area contributed by atoms with Crippen LogP contribution in [0.15, 0.2) is 4.52 Å². The third-order valence-corrected chi connectivity index (χ3v) is 4.13. The van der Waals surface area contributed by atoms with E-state index in [2.05, 4.69) is 26.7 Å². The van der Waals surface area contributed by atoms with Gasteiger partial charge in [-0.2, -0.15) is 4.98 Å². The first-order chi connectivity index (χ1) is 9.14. The molecule has 104 valence electrons. The summed E-state index contributed by atoms with van der Waals surface area (Å²) in [6, 6.07) is 0. The van der Waals surface area contributed by atoms with Gasteiger partial charge in [0.1, 0.15) is 4.88 Å². The predicted molar refractivity (Wildman–Crippen MR) is 73.6 cm³/mol. The highest BCUT2D eigenvalue weighted by Crippen LogP contribution is 2.29. The Kier molecular flexibility index (Phi) is 4.26. The van der Waals surface area contributed by atoms with Gasteiger partial charge < -0.3 is 10.3 Å². The molecule has 0 amide bonds. The van der Waals surface area contributed by atoms with Gasteiger partial charge in [-0.15, -0.1) is 5.10 Å². The normalized spacial score (nSPS) is 12.0. The van der Waals surface area contributed by atoms with Crippen molar-refractivity contribution in [2.24, 2.45) is 5.73 Å². The fourth-order valence-electron chi connectivity index (χ4n) is 1.86. The van der Waals surface area contributed by atoms with Gasteiger partial charge >= 0.3 is 0 Å². The first-order valence-corrected chi connectivity index (χ1v) is 7.36. The predicted octanol–water partition coefficient (Wildman–Crippen LogP) is 2.51. The van der Waals surface area contributed by atoms with E-state index in [4.69, 9.17) is 10.3 Å². The lowest BCUT2D eigenvalue weighted by Gasteiger charge is -2.21. The fourth-order valence-corrected chi connectivity index (χ4v) is 2.49. The van der Waals surface area contributed by atoms with Crippen LogP contribution in [0.2, 0.25) is 0 Å². The molecular weight excluding hydrogens is 262 g/mol. The molecule has 0 aliphatic carbocycles. The lowest BCUT2D eigenvalue weighted by atomic mass is 9.93. The molecule has 0 fully saturated rings. The molecule has 0 saturated carbocycles. The van der Waals surface area contributed by atoms with Crippen LogP contribution < -0.4 is 5.73 Å². The number of aromatic nitrogens is 4. The smallest absolute Gasteiger partial charge is 0.271 e. The van der Waals surface area contributed by atoms with Crippen LogP contribution in [0.25, 0.3) is 10.8 Å². The zero-order valence-electron chi connectivity index (χ0n) is 11.5. The molecule has 0 unspecified atom stereocenters. The van der Waals surface area contributed by atoms with Gasteiger partial charge in [-0.1, -0.05) is 36.8 Å². The van der Waals surface area contributed by atoms with Gasteiger partial charge in [0.05, 0.1) is 11.2 Å². The highest BCUT2D eigenvalue weighted by atomic mass is 32.1. The fraction of sp³-hybridized carbons (Fsp3) is 0.667. The second-order valence-electron chi connectivity index (χ2n) is 4.59. The van der Waals surface area contributed by atoms with Gasteiger partial charge in [0.25, 0.3) is 5.89 Å². The molecule has 0 aromatic carbocycles. The van der Waals surface area contributed by atoms with Crippen LogP contribution in [0.5, 0.6) is 0 Å². The molecule has 0 spiro atoms. The minimum atomic E-state index is -0.523. The maximum Gasteiger partial charge on any atom is 0.271 e. The molecule has 2 N–H and O–H groups in total. The maximum absolute atomic E-state index is 6.27. The van der Waals surface area contributed by atoms with E-state index >= 15 is 0 Å². The summed E-state index contributed by atoms with van der Waals surface area (Å²) in [6.45, 7) is 6.15. The lowest BCUT2D eigenvalue weighted by Crippen LogP contribution is -2.36. The molecule has 0 radical (unpaired) electrons. The Morgan fingerprint density at radius 1 is 1.26 bits per heavy atom. The molecule has 0 bridgehead atoms. The molecule has 0 atom stereocenters. The van der Waals surface area contributed by atoms with Crippen molar-refractivity contribution in [2.75, 3.05) is 0 Å². The second kappa shape index (κ2) is 5.75. The third-order valence-electron chi connectivity index (χ3n) is 3.37. The molecule has 0 aliphatic rings. The molecule has 0 aliphatic heterocycles. The topological polar surface area (TPSA) is 90.7 Å². The Morgan fingerprint density at radius 2 is 2.00 bits per heavy atom. The monoisotopic (exact) mass is 281 g/mol. The summed E-state index contributed by atoms with van der Waals surface area (Å²) in [4.78, 5) is 5.29. The van der Waals surface area contributed by atoms with Crippen LogP contribution in [0.4, 0.5) is 0 Å². The summed E-state index contributed by atoms with van der Waals surface area (Å²) in [6.07, 6.45) is 3.40. The Labute approximate surface area is 116 Å². The molecule has 2 rings (SSSR count). The van der Waals surface area contributed by atoms with Crippen molar-refractivity contribution in [1.82, 2.24) is 19.7 Å². The minimum absolute atomic E-state index is 0.477. The Balaban J connectivity index is 2.33. The number of rotatable bonds is 6. The van der Waals surface area contributed by atoms with E-state index in [-0.39, 0.29) is 0 Å². The molecule has 19 heavy (non-hydrogen) atoms. The SMILES string of the molecule is CCCc1nnsc1-c1nc(C(N)(CC)CC)no1. The number of nitrogens with zero attached hydrogens (tertiary/aromatic N) is 4. The summed E-state index contributed by atoms with van der Waals surface area (Å²) < 4.78 is 9.30. The Bertz CT molecular complexity index is 532. The number of hydrogen-bond donors (Lipinski definition) is 1. The van der Waals surface area contributed by atoms with Crippen LogP contribution in [-0.4, -0.2) is 19.7 Å². The summed E-state index contributed by atoms with van der Waals surface area (Å²) in [5.74, 6) is 1.04. The van der Waals surface area contributed by atoms with Crippen molar-refractivity contribution in [3.63, 3.8) is 0 Å². The van der Waals surface area contributed by atoms with Crippen LogP contribution in [0.1, 0.15) is 51.6 Å². The van der Waals surface area contributed by atoms with Gasteiger partial charge in [-0.25, -0.2) is 0 Å². The van der Waals surface area contributed by atoms with Gasteiger partial charge in [0.2, 0.25) is 0 Å². The van der Waals surface area contributed by atoms with E-state index in [1.807, 2.05) is 13.8 Å². The van der Waals surface area contributed by atoms with Crippen molar-refractivity contribution in [3.8, 4) is 10.8 Å². The number of nitrogens with two attached hydrogens (primary N) is 1. The lowest BCUT2D eigenvalue weighted by molar-refractivity contribution is 0.350. The average Bonchev–Trinajstić information content (AvgIpc) is 3.06. The number of hydrogen-bond acceptors (Lipinski definition) is 7. The molecule has 7 heteroatoms. The second-order valence-corrected chi connectivity index (χ2v) is 5.34. The van der Waals surface area contributed by atoms with E-state index in [0.717, 1.165) is 36.3 Å². The Hall–Kier alpha value is -1.34. The number of aryl methyl sites for hydroxylation is 1. The van der Waals surface area contributed by atoms with Gasteiger partial charge in [-0.05, 0) is 30.8 Å². The first-order valence-electron chi connectivity index (χ1n) is 6.59. The average molecular weight is 281 g/mol. The van der Waals surface area contributed by atoms with Crippen LogP contribution in [-0.2, 0) is 12.0 Å². The summed E-state index contributed by atoms with van der Waals surface area (Å²) in [5, 5.41) is 8.13. The molecule has 6 nitrogen and oxygen atoms in total. The molecule has 0 saturated heterocycles. The summed E-state index contributed by atoms with van der Waals surface area (Å²) in [5.41, 5.74) is 6.66. The van der Waals surface area contributed by atoms with Crippen molar-refractivity contribution in [3.05, 3.63) is 11.5 Å². The van der Waals surface area contributed by atoms with Crippen molar-refractivity contribution in [1.29, 1.82) is 0 Å². The van der Waals surface area contributed by atoms with Crippen molar-refractivity contribution < 1.29 is 4.52 Å². The van der Waals surface area contributed by atoms with Gasteiger partial charge in [0.15, 0.2) is 5.82 Å². The van der Waals surface area contributed by atoms with Crippen LogP contribution in [0.3, 0.4) is 0 Å². The zero-order valence-corrected chi connectivity index (χ0v) is 12.3. The van der Waals surface area contributed by atoms with Crippen molar-refractivity contribution in [2.45, 2.75) is 52.0 Å². The quantitative estimate of drug-likeness (QED) is 0.874. The standard InChI is InChI=1S/C12H19N5OS/c1-4-7-8-9(19-17-15-8)10-14-11(16-18-10)12(13,5-2)6-3/h4-7,13H2,1-3H3. The molecule has 2 heterocycles. The first kappa shape index (κ1) is 14.1. The van der Waals surface area contributed by atoms with Gasteiger partial charge in [-0.3, -0.25) is 0 Å². The van der Waals surface area contributed by atoms with E-state index in [9.17, 15) is 0 Å². The largest absolute Gasteiger partial charge is 0.333 e. The summed E-state index contributed by atoms with van der Waals surface area (Å²) >= 11 is 1.28. The van der Waals surface area contributed by atoms with E-state index < -0.39 is 5.54 Å². The van der Waals surface area contributed by atoms with Crippen LogP contribution >= 0.6 is 11.5 Å². The van der Waals surface area contributed by atoms with Crippen molar-refractivity contribution >= 4 is 11.5 Å². The maximum atomic E-state index is 6.27. The highest BCUT2D eigenvalue weighted by Gasteiger charge is 2.30. The minimum Gasteiger partial charge on any atom is -0.333 e. The molecule has 2 aromatic rings. The zero-order chi connectivity index (χ0) is 13.9.